The number of H-pyrrole nitrogens is 1. The van der Waals surface area contributed by atoms with E-state index in [9.17, 15) is 5.11 Å². The van der Waals surface area contributed by atoms with Crippen LogP contribution in [-0.4, -0.2) is 47.8 Å². The van der Waals surface area contributed by atoms with Crippen LogP contribution in [0.25, 0.3) is 10.9 Å². The van der Waals surface area contributed by atoms with Crippen molar-refractivity contribution in [3.8, 4) is 0 Å². The van der Waals surface area contributed by atoms with Gasteiger partial charge >= 0.3 is 0 Å². The number of piperazine rings is 1. The maximum Gasteiger partial charge on any atom is 0.0628 e. The van der Waals surface area contributed by atoms with E-state index in [1.807, 2.05) is 6.20 Å². The summed E-state index contributed by atoms with van der Waals surface area (Å²) < 4.78 is 0. The van der Waals surface area contributed by atoms with Crippen molar-refractivity contribution in [1.82, 2.24) is 15.2 Å². The quantitative estimate of drug-likeness (QED) is 0.759. The topological polar surface area (TPSA) is 51.3 Å². The van der Waals surface area contributed by atoms with Crippen molar-refractivity contribution in [2.45, 2.75) is 6.04 Å². The van der Waals surface area contributed by atoms with Gasteiger partial charge in [-0.25, -0.2) is 0 Å². The van der Waals surface area contributed by atoms with Crippen molar-refractivity contribution in [1.29, 1.82) is 0 Å². The molecule has 0 unspecified atom stereocenters. The molecule has 1 aromatic carbocycles. The van der Waals surface area contributed by atoms with E-state index in [1.165, 1.54) is 10.9 Å². The van der Waals surface area contributed by atoms with Gasteiger partial charge in [0.1, 0.15) is 0 Å². The molecule has 2 aromatic rings. The molecule has 0 aliphatic carbocycles. The third kappa shape index (κ3) is 2.14. The second-order valence-corrected chi connectivity index (χ2v) is 4.81. The van der Waals surface area contributed by atoms with E-state index in [4.69, 9.17) is 0 Å². The Morgan fingerprint density at radius 2 is 2.06 bits per heavy atom. The molecule has 1 aromatic heterocycles. The Hall–Kier alpha value is -1.36. The van der Waals surface area contributed by atoms with Gasteiger partial charge < -0.3 is 15.4 Å². The number of aliphatic hydroxyl groups excluding tert-OH is 1. The largest absolute Gasteiger partial charge is 0.394 e. The fraction of sp³-hybridized carbons (Fsp3) is 0.429. The predicted molar refractivity (Wildman–Crippen MR) is 72.6 cm³/mol. The standard InChI is InChI=1S/C14H19N3O/c18-10-14(17-7-5-15-6-8-17)12-1-2-13-11(9-12)3-4-16-13/h1-4,9,14-16,18H,5-8,10H2/t14-/m0/s1. The van der Waals surface area contributed by atoms with Crippen LogP contribution < -0.4 is 5.32 Å². The van der Waals surface area contributed by atoms with Gasteiger partial charge in [-0.3, -0.25) is 4.90 Å². The number of hydrogen-bond acceptors (Lipinski definition) is 3. The third-order valence-corrected chi connectivity index (χ3v) is 3.73. The van der Waals surface area contributed by atoms with E-state index in [0.29, 0.717) is 0 Å². The fourth-order valence-corrected chi connectivity index (χ4v) is 2.70. The SMILES string of the molecule is OC[C@@H](c1ccc2[nH]ccc2c1)N1CCNCC1. The number of nitrogens with one attached hydrogen (secondary N) is 2. The van der Waals surface area contributed by atoms with E-state index in [2.05, 4.69) is 39.5 Å². The smallest absolute Gasteiger partial charge is 0.0628 e. The maximum atomic E-state index is 9.68. The minimum atomic E-state index is 0.117. The van der Waals surface area contributed by atoms with Gasteiger partial charge in [0.2, 0.25) is 0 Å². The highest BCUT2D eigenvalue weighted by molar-refractivity contribution is 5.80. The monoisotopic (exact) mass is 245 g/mol. The highest BCUT2D eigenvalue weighted by Gasteiger charge is 2.21. The van der Waals surface area contributed by atoms with E-state index < -0.39 is 0 Å². The predicted octanol–water partition coefficient (Wildman–Crippen LogP) is 1.11. The summed E-state index contributed by atoms with van der Waals surface area (Å²) in [6.45, 7) is 4.18. The van der Waals surface area contributed by atoms with Crippen LogP contribution in [-0.2, 0) is 0 Å². The summed E-state index contributed by atoms with van der Waals surface area (Å²) in [5, 5.41) is 14.2. The summed E-state index contributed by atoms with van der Waals surface area (Å²) >= 11 is 0. The zero-order chi connectivity index (χ0) is 12.4. The molecule has 0 amide bonds. The Kier molecular flexibility index (Phi) is 3.32. The number of nitrogens with zero attached hydrogens (tertiary/aromatic N) is 1. The van der Waals surface area contributed by atoms with Crippen LogP contribution >= 0.6 is 0 Å². The Morgan fingerprint density at radius 3 is 2.83 bits per heavy atom. The first kappa shape index (κ1) is 11.7. The lowest BCUT2D eigenvalue weighted by molar-refractivity contribution is 0.111. The Labute approximate surface area is 107 Å². The molecule has 0 saturated carbocycles. The van der Waals surface area contributed by atoms with Crippen LogP contribution in [0, 0.1) is 0 Å². The lowest BCUT2D eigenvalue weighted by atomic mass is 10.0. The van der Waals surface area contributed by atoms with Gasteiger partial charge in [0.05, 0.1) is 12.6 Å². The highest BCUT2D eigenvalue weighted by atomic mass is 16.3. The molecule has 1 saturated heterocycles. The molecule has 18 heavy (non-hydrogen) atoms. The Morgan fingerprint density at radius 1 is 1.22 bits per heavy atom. The van der Waals surface area contributed by atoms with Crippen molar-refractivity contribution in [3.05, 3.63) is 36.0 Å². The summed E-state index contributed by atoms with van der Waals surface area (Å²) in [7, 11) is 0. The summed E-state index contributed by atoms with van der Waals surface area (Å²) in [5.41, 5.74) is 2.35. The highest BCUT2D eigenvalue weighted by Crippen LogP contribution is 2.24. The van der Waals surface area contributed by atoms with Crippen LogP contribution in [0.2, 0.25) is 0 Å². The Bertz CT molecular complexity index is 516. The van der Waals surface area contributed by atoms with Gasteiger partial charge in [-0.1, -0.05) is 6.07 Å². The second kappa shape index (κ2) is 5.10. The molecule has 1 aliphatic heterocycles. The number of aromatic nitrogens is 1. The molecule has 1 fully saturated rings. The molecular formula is C14H19N3O. The normalized spacial score (nSPS) is 19.2. The number of rotatable bonds is 3. The minimum absolute atomic E-state index is 0.117. The maximum absolute atomic E-state index is 9.68. The summed E-state index contributed by atoms with van der Waals surface area (Å²) in [6.07, 6.45) is 1.95. The van der Waals surface area contributed by atoms with Crippen LogP contribution in [0.15, 0.2) is 30.5 Å². The zero-order valence-corrected chi connectivity index (χ0v) is 10.4. The average Bonchev–Trinajstić information content (AvgIpc) is 2.88. The van der Waals surface area contributed by atoms with Crippen LogP contribution in [0.3, 0.4) is 0 Å². The number of aliphatic hydroxyl groups is 1. The molecule has 4 nitrogen and oxygen atoms in total. The third-order valence-electron chi connectivity index (χ3n) is 3.73. The van der Waals surface area contributed by atoms with E-state index in [-0.39, 0.29) is 12.6 Å². The molecule has 3 N–H and O–H groups in total. The van der Waals surface area contributed by atoms with Crippen molar-refractivity contribution in [3.63, 3.8) is 0 Å². The van der Waals surface area contributed by atoms with Crippen LogP contribution in [0.4, 0.5) is 0 Å². The van der Waals surface area contributed by atoms with Crippen LogP contribution in [0.1, 0.15) is 11.6 Å². The zero-order valence-electron chi connectivity index (χ0n) is 10.4. The summed E-state index contributed by atoms with van der Waals surface area (Å²) in [5.74, 6) is 0. The Balaban J connectivity index is 1.89. The van der Waals surface area contributed by atoms with Crippen LogP contribution in [0.5, 0.6) is 0 Å². The summed E-state index contributed by atoms with van der Waals surface area (Å²) in [6, 6.07) is 8.57. The van der Waals surface area contributed by atoms with E-state index >= 15 is 0 Å². The number of aromatic amines is 1. The van der Waals surface area contributed by atoms with Crippen molar-refractivity contribution >= 4 is 10.9 Å². The molecule has 1 atom stereocenters. The van der Waals surface area contributed by atoms with Gasteiger partial charge in [0.15, 0.2) is 0 Å². The molecule has 0 radical (unpaired) electrons. The fourth-order valence-electron chi connectivity index (χ4n) is 2.70. The van der Waals surface area contributed by atoms with E-state index in [0.717, 1.165) is 31.7 Å². The minimum Gasteiger partial charge on any atom is -0.394 e. The first-order valence-electron chi connectivity index (χ1n) is 6.51. The molecule has 0 bridgehead atoms. The first-order chi connectivity index (χ1) is 8.88. The van der Waals surface area contributed by atoms with E-state index in [1.54, 1.807) is 0 Å². The van der Waals surface area contributed by atoms with Crippen molar-refractivity contribution in [2.75, 3.05) is 32.8 Å². The molecule has 1 aliphatic rings. The van der Waals surface area contributed by atoms with Crippen molar-refractivity contribution < 1.29 is 5.11 Å². The lowest BCUT2D eigenvalue weighted by Gasteiger charge is -2.34. The molecule has 2 heterocycles. The first-order valence-corrected chi connectivity index (χ1v) is 6.51. The molecular weight excluding hydrogens is 226 g/mol. The van der Waals surface area contributed by atoms with Gasteiger partial charge in [-0.05, 0) is 29.1 Å². The van der Waals surface area contributed by atoms with Crippen molar-refractivity contribution in [2.24, 2.45) is 0 Å². The molecule has 96 valence electrons. The number of hydrogen-bond donors (Lipinski definition) is 3. The molecule has 3 rings (SSSR count). The number of fused-ring (bicyclic) bond motifs is 1. The van der Waals surface area contributed by atoms with Gasteiger partial charge in [-0.2, -0.15) is 0 Å². The molecule has 0 spiro atoms. The van der Waals surface area contributed by atoms with Gasteiger partial charge in [0, 0.05) is 37.9 Å². The van der Waals surface area contributed by atoms with Gasteiger partial charge in [-0.15, -0.1) is 0 Å². The number of benzene rings is 1. The molecule has 4 heteroatoms. The van der Waals surface area contributed by atoms with Gasteiger partial charge in [0.25, 0.3) is 0 Å². The lowest BCUT2D eigenvalue weighted by Crippen LogP contribution is -2.46. The second-order valence-electron chi connectivity index (χ2n) is 4.81. The average molecular weight is 245 g/mol. The summed E-state index contributed by atoms with van der Waals surface area (Å²) in [4.78, 5) is 5.55.